The highest BCUT2D eigenvalue weighted by Gasteiger charge is 2.58. The largest absolute Gasteiger partial charge is 0.490 e. The van der Waals surface area contributed by atoms with E-state index < -0.39 is 0 Å². The van der Waals surface area contributed by atoms with Gasteiger partial charge in [-0.25, -0.2) is 0 Å². The van der Waals surface area contributed by atoms with Crippen LogP contribution in [-0.4, -0.2) is 6.10 Å². The molecular formula is C26H38O. The zero-order valence-corrected chi connectivity index (χ0v) is 17.7. The van der Waals surface area contributed by atoms with Gasteiger partial charge in [0.2, 0.25) is 0 Å². The van der Waals surface area contributed by atoms with E-state index in [0.717, 1.165) is 23.5 Å². The Morgan fingerprint density at radius 2 is 1.81 bits per heavy atom. The van der Waals surface area contributed by atoms with Crippen LogP contribution in [0, 0.1) is 22.7 Å². The lowest BCUT2D eigenvalue weighted by Crippen LogP contribution is -2.45. The molecule has 148 valence electrons. The Hall–Kier alpha value is -0.980. The number of aryl methyl sites for hydroxylation is 1. The molecule has 0 unspecified atom stereocenters. The van der Waals surface area contributed by atoms with E-state index in [2.05, 4.69) is 39.0 Å². The van der Waals surface area contributed by atoms with Crippen LogP contribution in [0.2, 0.25) is 0 Å². The maximum absolute atomic E-state index is 6.30. The van der Waals surface area contributed by atoms with Gasteiger partial charge in [0.15, 0.2) is 0 Å². The number of hydrogen-bond acceptors (Lipinski definition) is 1. The van der Waals surface area contributed by atoms with Crippen molar-refractivity contribution in [2.75, 3.05) is 0 Å². The lowest BCUT2D eigenvalue weighted by molar-refractivity contribution is -0.0197. The summed E-state index contributed by atoms with van der Waals surface area (Å²) in [6.07, 6.45) is 15.5. The van der Waals surface area contributed by atoms with Crippen molar-refractivity contribution in [2.24, 2.45) is 22.7 Å². The highest BCUT2D eigenvalue weighted by Crippen LogP contribution is 2.68. The molecule has 0 aliphatic heterocycles. The molecule has 0 N–H and O–H groups in total. The Morgan fingerprint density at radius 1 is 1.00 bits per heavy atom. The van der Waals surface area contributed by atoms with Crippen molar-refractivity contribution < 1.29 is 4.74 Å². The third kappa shape index (κ3) is 2.70. The molecule has 1 aromatic carbocycles. The van der Waals surface area contributed by atoms with Gasteiger partial charge in [0.1, 0.15) is 5.75 Å². The molecule has 1 aromatic rings. The fraction of sp³-hybridized carbons (Fsp3) is 0.769. The van der Waals surface area contributed by atoms with E-state index in [1.54, 1.807) is 11.1 Å². The average Bonchev–Trinajstić information content (AvgIpc) is 3.28. The van der Waals surface area contributed by atoms with Gasteiger partial charge in [0.05, 0.1) is 6.10 Å². The standard InChI is InChI=1S/C26H38O/c1-4-25(2)15-14-24-23-11-9-18-17-20(27-19-7-5-6-8-19)10-12-21(18)22(23)13-16-26(24,25)3/h10,12,17,19,22-24H,4-9,11,13-16H2,1-3H3/t22-,23-,24+,25+,26+/m1/s1. The van der Waals surface area contributed by atoms with Crippen LogP contribution in [0.1, 0.15) is 102 Å². The molecular weight excluding hydrogens is 328 g/mol. The van der Waals surface area contributed by atoms with Gasteiger partial charge in [0.25, 0.3) is 0 Å². The average molecular weight is 367 g/mol. The summed E-state index contributed by atoms with van der Waals surface area (Å²) in [6.45, 7) is 7.68. The van der Waals surface area contributed by atoms with E-state index in [1.165, 1.54) is 70.6 Å². The van der Waals surface area contributed by atoms with Crippen molar-refractivity contribution in [1.29, 1.82) is 0 Å². The summed E-state index contributed by atoms with van der Waals surface area (Å²) in [4.78, 5) is 0. The van der Waals surface area contributed by atoms with Crippen LogP contribution in [0.25, 0.3) is 0 Å². The van der Waals surface area contributed by atoms with Gasteiger partial charge >= 0.3 is 0 Å². The molecule has 0 saturated heterocycles. The van der Waals surface area contributed by atoms with Crippen LogP contribution in [-0.2, 0) is 6.42 Å². The number of fused-ring (bicyclic) bond motifs is 5. The van der Waals surface area contributed by atoms with Gasteiger partial charge < -0.3 is 4.74 Å². The second-order valence-electron chi connectivity index (χ2n) is 10.7. The minimum atomic E-state index is 0.472. The van der Waals surface area contributed by atoms with Crippen LogP contribution in [0.4, 0.5) is 0 Å². The first-order chi connectivity index (χ1) is 13.0. The minimum absolute atomic E-state index is 0.472. The first kappa shape index (κ1) is 18.1. The first-order valence-electron chi connectivity index (χ1n) is 11.8. The molecule has 3 saturated carbocycles. The number of hydrogen-bond donors (Lipinski definition) is 0. The summed E-state index contributed by atoms with van der Waals surface area (Å²) in [5.74, 6) is 3.82. The van der Waals surface area contributed by atoms with Gasteiger partial charge in [0, 0.05) is 0 Å². The van der Waals surface area contributed by atoms with Gasteiger partial charge in [-0.05, 0) is 116 Å². The first-order valence-corrected chi connectivity index (χ1v) is 11.8. The smallest absolute Gasteiger partial charge is 0.120 e. The number of ether oxygens (including phenoxy) is 1. The van der Waals surface area contributed by atoms with Crippen LogP contribution >= 0.6 is 0 Å². The van der Waals surface area contributed by atoms with Crippen LogP contribution < -0.4 is 4.74 Å². The molecule has 5 atom stereocenters. The second-order valence-corrected chi connectivity index (χ2v) is 10.7. The van der Waals surface area contributed by atoms with Crippen molar-refractivity contribution in [3.05, 3.63) is 29.3 Å². The molecule has 0 bridgehead atoms. The molecule has 0 spiro atoms. The fourth-order valence-electron chi connectivity index (χ4n) is 7.77. The summed E-state index contributed by atoms with van der Waals surface area (Å²) in [5, 5.41) is 0. The topological polar surface area (TPSA) is 9.23 Å². The second kappa shape index (κ2) is 6.53. The van der Waals surface area contributed by atoms with E-state index in [4.69, 9.17) is 4.74 Å². The summed E-state index contributed by atoms with van der Waals surface area (Å²) in [7, 11) is 0. The van der Waals surface area contributed by atoms with E-state index >= 15 is 0 Å². The molecule has 1 nitrogen and oxygen atoms in total. The van der Waals surface area contributed by atoms with Crippen molar-refractivity contribution in [2.45, 2.75) is 103 Å². The van der Waals surface area contributed by atoms with E-state index in [1.807, 2.05) is 0 Å². The Kier molecular flexibility index (Phi) is 4.37. The molecule has 1 heteroatoms. The summed E-state index contributed by atoms with van der Waals surface area (Å²) in [6, 6.07) is 7.15. The van der Waals surface area contributed by atoms with Crippen molar-refractivity contribution in [3.63, 3.8) is 0 Å². The Morgan fingerprint density at radius 3 is 2.59 bits per heavy atom. The Bertz CT molecular complexity index is 702. The molecule has 3 fully saturated rings. The van der Waals surface area contributed by atoms with Gasteiger partial charge in [-0.1, -0.05) is 33.3 Å². The molecule has 0 amide bonds. The zero-order valence-electron chi connectivity index (χ0n) is 17.7. The summed E-state index contributed by atoms with van der Waals surface area (Å²) in [5.41, 5.74) is 4.43. The quantitative estimate of drug-likeness (QED) is 0.546. The molecule has 4 aliphatic rings. The highest BCUT2D eigenvalue weighted by atomic mass is 16.5. The molecule has 0 radical (unpaired) electrons. The van der Waals surface area contributed by atoms with Crippen molar-refractivity contribution in [1.82, 2.24) is 0 Å². The third-order valence-corrected chi connectivity index (χ3v) is 9.86. The van der Waals surface area contributed by atoms with E-state index in [-0.39, 0.29) is 0 Å². The van der Waals surface area contributed by atoms with Crippen LogP contribution in [0.3, 0.4) is 0 Å². The van der Waals surface area contributed by atoms with Crippen molar-refractivity contribution in [3.8, 4) is 5.75 Å². The Balaban J connectivity index is 1.39. The summed E-state index contributed by atoms with van der Waals surface area (Å²) >= 11 is 0. The normalized spacial score (nSPS) is 41.1. The maximum Gasteiger partial charge on any atom is 0.120 e. The van der Waals surface area contributed by atoms with Gasteiger partial charge in [-0.15, -0.1) is 0 Å². The predicted octanol–water partition coefficient (Wildman–Crippen LogP) is 7.28. The molecule has 5 rings (SSSR count). The van der Waals surface area contributed by atoms with Crippen LogP contribution in [0.15, 0.2) is 18.2 Å². The SMILES string of the molecule is CC[C@@]1(C)CC[C@H]2[C@@H]3CCc4cc(OC5CCCC5)ccc4[C@H]3CC[C@@]21C. The molecule has 4 aliphatic carbocycles. The number of rotatable bonds is 3. The third-order valence-electron chi connectivity index (χ3n) is 9.86. The summed E-state index contributed by atoms with van der Waals surface area (Å²) < 4.78 is 6.30. The zero-order chi connectivity index (χ0) is 18.6. The maximum atomic E-state index is 6.30. The molecule has 0 heterocycles. The highest BCUT2D eigenvalue weighted by molar-refractivity contribution is 5.41. The van der Waals surface area contributed by atoms with E-state index in [9.17, 15) is 0 Å². The lowest BCUT2D eigenvalue weighted by Gasteiger charge is -2.54. The minimum Gasteiger partial charge on any atom is -0.490 e. The molecule has 27 heavy (non-hydrogen) atoms. The monoisotopic (exact) mass is 366 g/mol. The van der Waals surface area contributed by atoms with Crippen LogP contribution in [0.5, 0.6) is 5.75 Å². The van der Waals surface area contributed by atoms with E-state index in [0.29, 0.717) is 16.9 Å². The Labute approximate surface area is 166 Å². The van der Waals surface area contributed by atoms with Gasteiger partial charge in [-0.2, -0.15) is 0 Å². The van der Waals surface area contributed by atoms with Gasteiger partial charge in [-0.3, -0.25) is 0 Å². The number of benzene rings is 1. The van der Waals surface area contributed by atoms with Crippen molar-refractivity contribution >= 4 is 0 Å². The molecule has 0 aromatic heterocycles. The predicted molar refractivity (Wildman–Crippen MR) is 112 cm³/mol. The fourth-order valence-corrected chi connectivity index (χ4v) is 7.77. The lowest BCUT2D eigenvalue weighted by atomic mass is 9.50.